The molecule has 1 aliphatic carbocycles. The van der Waals surface area contributed by atoms with E-state index < -0.39 is 0 Å². The summed E-state index contributed by atoms with van der Waals surface area (Å²) in [6.45, 7) is 13.8. The smallest absolute Gasteiger partial charge is 0.159 e. The topological polar surface area (TPSA) is 59.6 Å². The van der Waals surface area contributed by atoms with Crippen molar-refractivity contribution in [2.45, 2.75) is 72.6 Å². The number of ether oxygens (including phenoxy) is 2. The molecule has 0 bridgehead atoms. The summed E-state index contributed by atoms with van der Waals surface area (Å²) in [6, 6.07) is 8.68. The number of benzene rings is 1. The number of carbonyl (C=O) groups excluding carboxylic acids is 1. The molecule has 2 rings (SSSR count). The molecule has 1 aromatic rings. The van der Waals surface area contributed by atoms with Crippen molar-refractivity contribution in [2.75, 3.05) is 20.8 Å². The Morgan fingerprint density at radius 2 is 1.79 bits per heavy atom. The SMILES string of the molecule is CCCNC(C=C(/C=C(\C)C1=CC(C(C)=O)=CC(OC)C=C1)OC)/C(NCc1ccc(C(C)C)cc1)=C(\C)Br. The van der Waals surface area contributed by atoms with Gasteiger partial charge in [0.25, 0.3) is 0 Å². The van der Waals surface area contributed by atoms with Crippen molar-refractivity contribution in [3.8, 4) is 0 Å². The Morgan fingerprint density at radius 3 is 2.33 bits per heavy atom. The molecule has 1 aliphatic rings. The predicted octanol–water partition coefficient (Wildman–Crippen LogP) is 7.40. The molecular formula is C33H45BrN2O3. The highest BCUT2D eigenvalue weighted by atomic mass is 79.9. The van der Waals surface area contributed by atoms with Gasteiger partial charge in [0.15, 0.2) is 5.78 Å². The van der Waals surface area contributed by atoms with Gasteiger partial charge in [-0.25, -0.2) is 0 Å². The number of carbonyl (C=O) groups is 1. The van der Waals surface area contributed by atoms with Crippen molar-refractivity contribution in [1.29, 1.82) is 0 Å². The van der Waals surface area contributed by atoms with E-state index in [0.29, 0.717) is 18.0 Å². The molecule has 0 radical (unpaired) electrons. The second-order valence-corrected chi connectivity index (χ2v) is 11.3. The van der Waals surface area contributed by atoms with E-state index in [1.807, 2.05) is 37.3 Å². The Kier molecular flexibility index (Phi) is 13.7. The van der Waals surface area contributed by atoms with E-state index in [1.54, 1.807) is 21.1 Å². The van der Waals surface area contributed by atoms with E-state index in [1.165, 1.54) is 11.1 Å². The number of halogens is 1. The number of allylic oxidation sites excluding steroid dienone is 7. The number of hydrogen-bond donors (Lipinski definition) is 2. The molecule has 2 N–H and O–H groups in total. The standard InChI is InChI=1S/C33H45BrN2O3/c1-9-16-35-32(33(24(5)34)36-21-26-10-12-27(13-11-26)22(2)3)20-31(39-8)17-23(4)28-14-15-30(38-7)19-29(18-28)25(6)37/h10-15,17-20,22,30,32,35-36H,9,16,21H2,1-8H3/b23-17+,31-20?,33-24-. The molecule has 5 nitrogen and oxygen atoms in total. The van der Waals surface area contributed by atoms with Gasteiger partial charge in [-0.05, 0) is 86.2 Å². The van der Waals surface area contributed by atoms with E-state index in [4.69, 9.17) is 9.47 Å². The van der Waals surface area contributed by atoms with Crippen LogP contribution in [0.15, 0.2) is 93.4 Å². The molecule has 0 aliphatic heterocycles. The average Bonchev–Trinajstić information content (AvgIpc) is 3.14. The minimum absolute atomic E-state index is 0.00452. The molecule has 1 aromatic carbocycles. The van der Waals surface area contributed by atoms with E-state index in [9.17, 15) is 4.79 Å². The van der Waals surface area contributed by atoms with Crippen LogP contribution in [-0.2, 0) is 20.8 Å². The van der Waals surface area contributed by atoms with Crippen molar-refractivity contribution in [3.63, 3.8) is 0 Å². The van der Waals surface area contributed by atoms with Crippen LogP contribution >= 0.6 is 15.9 Å². The third-order valence-electron chi connectivity index (χ3n) is 6.61. The van der Waals surface area contributed by atoms with E-state index in [2.05, 4.69) is 84.6 Å². The van der Waals surface area contributed by atoms with Crippen molar-refractivity contribution >= 4 is 21.7 Å². The monoisotopic (exact) mass is 596 g/mol. The van der Waals surface area contributed by atoms with Crippen molar-refractivity contribution in [1.82, 2.24) is 10.6 Å². The lowest BCUT2D eigenvalue weighted by molar-refractivity contribution is -0.113. The van der Waals surface area contributed by atoms with Crippen molar-refractivity contribution in [2.24, 2.45) is 0 Å². The zero-order valence-electron chi connectivity index (χ0n) is 24.7. The van der Waals surface area contributed by atoms with Gasteiger partial charge in [-0.2, -0.15) is 0 Å². The van der Waals surface area contributed by atoms with Gasteiger partial charge in [-0.15, -0.1) is 0 Å². The third-order valence-corrected chi connectivity index (χ3v) is 7.03. The van der Waals surface area contributed by atoms with Gasteiger partial charge in [0.1, 0.15) is 5.76 Å². The molecule has 212 valence electrons. The number of ketones is 1. The largest absolute Gasteiger partial charge is 0.497 e. The van der Waals surface area contributed by atoms with Crippen LogP contribution in [-0.4, -0.2) is 38.7 Å². The molecule has 0 saturated carbocycles. The average molecular weight is 598 g/mol. The number of rotatable bonds is 14. The first-order valence-electron chi connectivity index (χ1n) is 13.6. The molecule has 2 atom stereocenters. The Hall–Kier alpha value is -2.67. The molecular weight excluding hydrogens is 552 g/mol. The number of methoxy groups -OCH3 is 2. The lowest BCUT2D eigenvalue weighted by atomic mass is 10.0. The maximum atomic E-state index is 12.2. The minimum atomic E-state index is -0.243. The summed E-state index contributed by atoms with van der Waals surface area (Å²) in [5.74, 6) is 1.25. The zero-order valence-corrected chi connectivity index (χ0v) is 26.3. The summed E-state index contributed by atoms with van der Waals surface area (Å²) in [4.78, 5) is 12.2. The Bertz CT molecular complexity index is 1150. The van der Waals surface area contributed by atoms with Gasteiger partial charge < -0.3 is 20.1 Å². The first kappa shape index (κ1) is 32.5. The highest BCUT2D eigenvalue weighted by Crippen LogP contribution is 2.23. The van der Waals surface area contributed by atoms with Gasteiger partial charge in [0.2, 0.25) is 0 Å². The molecule has 0 heterocycles. The fourth-order valence-electron chi connectivity index (χ4n) is 4.15. The number of hydrogen-bond acceptors (Lipinski definition) is 5. The minimum Gasteiger partial charge on any atom is -0.497 e. The van der Waals surface area contributed by atoms with Crippen LogP contribution in [0.5, 0.6) is 0 Å². The van der Waals surface area contributed by atoms with Gasteiger partial charge in [0.05, 0.1) is 19.3 Å². The first-order chi connectivity index (χ1) is 18.6. The van der Waals surface area contributed by atoms with E-state index in [-0.39, 0.29) is 17.9 Å². The summed E-state index contributed by atoms with van der Waals surface area (Å²) in [5.41, 5.74) is 6.17. The van der Waals surface area contributed by atoms with Gasteiger partial charge in [-0.3, -0.25) is 4.79 Å². The summed E-state index contributed by atoms with van der Waals surface area (Å²) in [7, 11) is 3.32. The highest BCUT2D eigenvalue weighted by Gasteiger charge is 2.16. The summed E-state index contributed by atoms with van der Waals surface area (Å²) < 4.78 is 12.3. The van der Waals surface area contributed by atoms with Crippen LogP contribution in [0.4, 0.5) is 0 Å². The third kappa shape index (κ3) is 10.4. The fraction of sp³-hybridized carbons (Fsp3) is 0.424. The molecule has 6 heteroatoms. The Balaban J connectivity index is 2.36. The molecule has 2 unspecified atom stereocenters. The van der Waals surface area contributed by atoms with Crippen molar-refractivity contribution < 1.29 is 14.3 Å². The lowest BCUT2D eigenvalue weighted by Crippen LogP contribution is -2.36. The molecule has 0 saturated heterocycles. The van der Waals surface area contributed by atoms with Crippen LogP contribution in [0.1, 0.15) is 65.0 Å². The van der Waals surface area contributed by atoms with E-state index >= 15 is 0 Å². The molecule has 0 amide bonds. The number of Topliss-reactive ketones (excluding diaryl/α,β-unsaturated/α-hetero) is 1. The van der Waals surface area contributed by atoms with Crippen molar-refractivity contribution in [3.05, 3.63) is 105 Å². The van der Waals surface area contributed by atoms with Crippen LogP contribution in [0.2, 0.25) is 0 Å². The van der Waals surface area contributed by atoms with Gasteiger partial charge in [0, 0.05) is 29.4 Å². The summed E-state index contributed by atoms with van der Waals surface area (Å²) >= 11 is 3.73. The Labute approximate surface area is 243 Å². The lowest BCUT2D eigenvalue weighted by Gasteiger charge is -2.23. The van der Waals surface area contributed by atoms with Crippen LogP contribution < -0.4 is 10.6 Å². The first-order valence-corrected chi connectivity index (χ1v) is 14.4. The van der Waals surface area contributed by atoms with Gasteiger partial charge in [-0.1, -0.05) is 73.1 Å². The zero-order chi connectivity index (χ0) is 28.9. The van der Waals surface area contributed by atoms with Crippen LogP contribution in [0.25, 0.3) is 0 Å². The second-order valence-electron chi connectivity index (χ2n) is 10.1. The van der Waals surface area contributed by atoms with Crippen LogP contribution in [0, 0.1) is 0 Å². The normalized spacial score (nSPS) is 17.7. The number of nitrogens with one attached hydrogen (secondary N) is 2. The predicted molar refractivity (Wildman–Crippen MR) is 167 cm³/mol. The second kappa shape index (κ2) is 16.4. The van der Waals surface area contributed by atoms with Crippen LogP contribution in [0.3, 0.4) is 0 Å². The quantitative estimate of drug-likeness (QED) is 0.173. The molecule has 0 fully saturated rings. The molecule has 0 spiro atoms. The maximum absolute atomic E-state index is 12.2. The van der Waals surface area contributed by atoms with Gasteiger partial charge >= 0.3 is 0 Å². The highest BCUT2D eigenvalue weighted by molar-refractivity contribution is 9.11. The maximum Gasteiger partial charge on any atom is 0.159 e. The van der Waals surface area contributed by atoms with E-state index in [0.717, 1.165) is 40.1 Å². The fourth-order valence-corrected chi connectivity index (χ4v) is 4.54. The summed E-state index contributed by atoms with van der Waals surface area (Å²) in [5, 5.41) is 7.28. The molecule has 0 aromatic heterocycles. The Morgan fingerprint density at radius 1 is 1.10 bits per heavy atom. The molecule has 39 heavy (non-hydrogen) atoms. The summed E-state index contributed by atoms with van der Waals surface area (Å²) in [6.07, 6.45) is 12.6.